The topological polar surface area (TPSA) is 96.0 Å². The van der Waals surface area contributed by atoms with Gasteiger partial charge in [-0.15, -0.1) is 0 Å². The van der Waals surface area contributed by atoms with Gasteiger partial charge < -0.3 is 11.1 Å². The first-order valence-corrected chi connectivity index (χ1v) is 5.90. The van der Waals surface area contributed by atoms with Gasteiger partial charge in [-0.05, 0) is 24.6 Å². The second-order valence-electron chi connectivity index (χ2n) is 4.20. The second-order valence-corrected chi connectivity index (χ2v) is 4.20. The number of amides is 2. The molecular formula is C13H12F3N3O2. The van der Waals surface area contributed by atoms with Gasteiger partial charge in [-0.1, -0.05) is 6.07 Å². The summed E-state index contributed by atoms with van der Waals surface area (Å²) in [5, 5.41) is 10.6. The first-order chi connectivity index (χ1) is 9.75. The zero-order chi connectivity index (χ0) is 16.0. The molecule has 0 aromatic heterocycles. The maximum Gasteiger partial charge on any atom is 0.416 e. The van der Waals surface area contributed by atoms with Gasteiger partial charge in [-0.3, -0.25) is 9.59 Å². The van der Waals surface area contributed by atoms with Crippen molar-refractivity contribution in [2.45, 2.75) is 25.1 Å². The molecule has 0 radical (unpaired) electrons. The Hall–Kier alpha value is -2.56. The highest BCUT2D eigenvalue weighted by atomic mass is 19.4. The van der Waals surface area contributed by atoms with Gasteiger partial charge in [0, 0.05) is 12.0 Å². The van der Waals surface area contributed by atoms with E-state index >= 15 is 0 Å². The number of nitrogens with one attached hydrogen (secondary N) is 1. The average Bonchev–Trinajstić information content (AvgIpc) is 2.42. The fourth-order valence-corrected chi connectivity index (χ4v) is 1.57. The number of carbonyl (C=O) groups excluding carboxylic acids is 2. The Morgan fingerprint density at radius 3 is 2.57 bits per heavy atom. The number of halogens is 3. The first kappa shape index (κ1) is 16.5. The lowest BCUT2D eigenvalue weighted by Crippen LogP contribution is -2.44. The summed E-state index contributed by atoms with van der Waals surface area (Å²) in [4.78, 5) is 22.9. The molecule has 8 heteroatoms. The van der Waals surface area contributed by atoms with Crippen molar-refractivity contribution in [3.8, 4) is 6.07 Å². The summed E-state index contributed by atoms with van der Waals surface area (Å²) in [7, 11) is 0. The first-order valence-electron chi connectivity index (χ1n) is 5.90. The number of nitrogens with two attached hydrogens (primary N) is 1. The maximum absolute atomic E-state index is 12.5. The molecule has 0 heterocycles. The summed E-state index contributed by atoms with van der Waals surface area (Å²) in [5.41, 5.74) is 3.85. The standard InChI is InChI=1S/C13H12F3N3O2/c14-13(15,16)9-4-1-3-8(7-9)12(21)19-10(11(18)20)5-2-6-17/h1,3-4,7,10H,2,5H2,(H2,18,20)(H,19,21)/t10-/m1/s1. The van der Waals surface area contributed by atoms with Crippen molar-refractivity contribution in [2.75, 3.05) is 0 Å². The Labute approximate surface area is 118 Å². The Balaban J connectivity index is 2.88. The minimum atomic E-state index is -4.57. The van der Waals surface area contributed by atoms with Crippen LogP contribution in [0.15, 0.2) is 24.3 Å². The maximum atomic E-state index is 12.5. The van der Waals surface area contributed by atoms with Gasteiger partial charge in [-0.25, -0.2) is 0 Å². The summed E-state index contributed by atoms with van der Waals surface area (Å²) in [6.07, 6.45) is -4.59. The molecule has 1 aromatic rings. The van der Waals surface area contributed by atoms with E-state index in [1.54, 1.807) is 6.07 Å². The number of rotatable bonds is 5. The molecular weight excluding hydrogens is 287 g/mol. The third-order valence-corrected chi connectivity index (χ3v) is 2.65. The van der Waals surface area contributed by atoms with Crippen LogP contribution < -0.4 is 11.1 Å². The van der Waals surface area contributed by atoms with Gasteiger partial charge in [0.25, 0.3) is 5.91 Å². The predicted molar refractivity (Wildman–Crippen MR) is 66.7 cm³/mol. The van der Waals surface area contributed by atoms with E-state index in [1.165, 1.54) is 6.07 Å². The molecule has 0 aliphatic carbocycles. The van der Waals surface area contributed by atoms with Crippen LogP contribution in [-0.4, -0.2) is 17.9 Å². The van der Waals surface area contributed by atoms with Crippen molar-refractivity contribution in [1.29, 1.82) is 5.26 Å². The van der Waals surface area contributed by atoms with Gasteiger partial charge in [-0.2, -0.15) is 18.4 Å². The molecule has 112 valence electrons. The molecule has 5 nitrogen and oxygen atoms in total. The molecule has 0 saturated heterocycles. The van der Waals surface area contributed by atoms with Crippen LogP contribution in [-0.2, 0) is 11.0 Å². The van der Waals surface area contributed by atoms with Crippen LogP contribution in [0.3, 0.4) is 0 Å². The summed E-state index contributed by atoms with van der Waals surface area (Å²) < 4.78 is 37.6. The number of hydrogen-bond acceptors (Lipinski definition) is 3. The van der Waals surface area contributed by atoms with Gasteiger partial charge in [0.1, 0.15) is 6.04 Å². The monoisotopic (exact) mass is 299 g/mol. The SMILES string of the molecule is N#CCC[C@@H](NC(=O)c1cccc(C(F)(F)F)c1)C(N)=O. The van der Waals surface area contributed by atoms with Crippen LogP contribution in [0.25, 0.3) is 0 Å². The Kier molecular flexibility index (Phi) is 5.30. The molecule has 21 heavy (non-hydrogen) atoms. The summed E-state index contributed by atoms with van der Waals surface area (Å²) in [6.45, 7) is 0. The van der Waals surface area contributed by atoms with Crippen LogP contribution in [0.5, 0.6) is 0 Å². The van der Waals surface area contributed by atoms with Crippen molar-refractivity contribution >= 4 is 11.8 Å². The fourth-order valence-electron chi connectivity index (χ4n) is 1.57. The smallest absolute Gasteiger partial charge is 0.368 e. The van der Waals surface area contributed by atoms with E-state index in [-0.39, 0.29) is 18.4 Å². The van der Waals surface area contributed by atoms with Crippen LogP contribution in [0.1, 0.15) is 28.8 Å². The lowest BCUT2D eigenvalue weighted by Gasteiger charge is -2.14. The quantitative estimate of drug-likeness (QED) is 0.864. The van der Waals surface area contributed by atoms with Gasteiger partial charge >= 0.3 is 6.18 Å². The lowest BCUT2D eigenvalue weighted by molar-refractivity contribution is -0.137. The van der Waals surface area contributed by atoms with Crippen LogP contribution >= 0.6 is 0 Å². The molecule has 1 aromatic carbocycles. The van der Waals surface area contributed by atoms with E-state index in [4.69, 9.17) is 11.0 Å². The van der Waals surface area contributed by atoms with Crippen molar-refractivity contribution < 1.29 is 22.8 Å². The lowest BCUT2D eigenvalue weighted by atomic mass is 10.1. The molecule has 1 atom stereocenters. The third kappa shape index (κ3) is 4.80. The number of benzene rings is 1. The highest BCUT2D eigenvalue weighted by Crippen LogP contribution is 2.29. The minimum absolute atomic E-state index is 0.00344. The number of nitrogens with zero attached hydrogens (tertiary/aromatic N) is 1. The molecule has 0 aliphatic heterocycles. The van der Waals surface area contributed by atoms with Crippen molar-refractivity contribution in [2.24, 2.45) is 5.73 Å². The summed E-state index contributed by atoms with van der Waals surface area (Å²) in [6, 6.07) is 4.47. The molecule has 0 bridgehead atoms. The van der Waals surface area contributed by atoms with E-state index < -0.39 is 29.6 Å². The average molecular weight is 299 g/mol. The molecule has 0 fully saturated rings. The van der Waals surface area contributed by atoms with Crippen LogP contribution in [0.4, 0.5) is 13.2 Å². The minimum Gasteiger partial charge on any atom is -0.368 e. The van der Waals surface area contributed by atoms with Crippen molar-refractivity contribution in [3.05, 3.63) is 35.4 Å². The van der Waals surface area contributed by atoms with E-state index in [0.717, 1.165) is 12.1 Å². The van der Waals surface area contributed by atoms with E-state index in [1.807, 2.05) is 0 Å². The van der Waals surface area contributed by atoms with E-state index in [9.17, 15) is 22.8 Å². The Morgan fingerprint density at radius 2 is 2.05 bits per heavy atom. The Bertz CT molecular complexity index is 579. The van der Waals surface area contributed by atoms with E-state index in [2.05, 4.69) is 5.32 Å². The van der Waals surface area contributed by atoms with E-state index in [0.29, 0.717) is 6.07 Å². The molecule has 3 N–H and O–H groups in total. The molecule has 0 aliphatic rings. The van der Waals surface area contributed by atoms with Crippen molar-refractivity contribution in [1.82, 2.24) is 5.32 Å². The second kappa shape index (κ2) is 6.74. The summed E-state index contributed by atoms with van der Waals surface area (Å²) >= 11 is 0. The number of alkyl halides is 3. The molecule has 0 unspecified atom stereocenters. The molecule has 2 amide bonds. The Morgan fingerprint density at radius 1 is 1.38 bits per heavy atom. The normalized spacial score (nSPS) is 12.3. The fraction of sp³-hybridized carbons (Fsp3) is 0.308. The summed E-state index contributed by atoms with van der Waals surface area (Å²) in [5.74, 6) is -1.71. The van der Waals surface area contributed by atoms with Gasteiger partial charge in [0.15, 0.2) is 0 Å². The van der Waals surface area contributed by atoms with Gasteiger partial charge in [0.2, 0.25) is 5.91 Å². The highest BCUT2D eigenvalue weighted by molar-refractivity contribution is 5.97. The number of nitriles is 1. The van der Waals surface area contributed by atoms with Crippen LogP contribution in [0.2, 0.25) is 0 Å². The van der Waals surface area contributed by atoms with Crippen LogP contribution in [0, 0.1) is 11.3 Å². The highest BCUT2D eigenvalue weighted by Gasteiger charge is 2.31. The predicted octanol–water partition coefficient (Wildman–Crippen LogP) is 1.59. The molecule has 0 saturated carbocycles. The number of primary amides is 1. The zero-order valence-electron chi connectivity index (χ0n) is 10.8. The number of hydrogen-bond donors (Lipinski definition) is 2. The van der Waals surface area contributed by atoms with Gasteiger partial charge in [0.05, 0.1) is 11.6 Å². The molecule has 1 rings (SSSR count). The largest absolute Gasteiger partial charge is 0.416 e. The molecule has 0 spiro atoms. The number of carbonyl (C=O) groups is 2. The van der Waals surface area contributed by atoms with Crippen molar-refractivity contribution in [3.63, 3.8) is 0 Å². The third-order valence-electron chi connectivity index (χ3n) is 2.65. The zero-order valence-corrected chi connectivity index (χ0v) is 10.8.